The Bertz CT molecular complexity index is 853. The first-order chi connectivity index (χ1) is 13.2. The van der Waals surface area contributed by atoms with Crippen molar-refractivity contribution in [2.75, 3.05) is 0 Å². The van der Waals surface area contributed by atoms with Gasteiger partial charge in [-0.05, 0) is 80.8 Å². The van der Waals surface area contributed by atoms with E-state index < -0.39 is 11.2 Å². The molecule has 1 aromatic heterocycles. The topological polar surface area (TPSA) is 70.7 Å². The summed E-state index contributed by atoms with van der Waals surface area (Å²) in [5, 5.41) is 23.6. The number of fused-ring (bicyclic) bond motifs is 5. The Balaban J connectivity index is 1.53. The second-order valence-corrected chi connectivity index (χ2v) is 10.4. The molecule has 1 heterocycles. The molecular formula is C24H32O4. The Morgan fingerprint density at radius 3 is 2.50 bits per heavy atom. The molecule has 0 bridgehead atoms. The van der Waals surface area contributed by atoms with E-state index in [1.165, 1.54) is 6.07 Å². The van der Waals surface area contributed by atoms with Crippen molar-refractivity contribution in [3.63, 3.8) is 0 Å². The van der Waals surface area contributed by atoms with Crippen LogP contribution in [0.2, 0.25) is 0 Å². The molecule has 152 valence electrons. The number of allylic oxidation sites excluding steroid dienone is 1. The van der Waals surface area contributed by atoms with E-state index in [0.717, 1.165) is 56.9 Å². The van der Waals surface area contributed by atoms with Gasteiger partial charge in [0.2, 0.25) is 0 Å². The largest absolute Gasteiger partial charge is 0.431 e. The Labute approximate surface area is 166 Å². The highest BCUT2D eigenvalue weighted by molar-refractivity contribution is 5.29. The monoisotopic (exact) mass is 384 g/mol. The maximum Gasteiger partial charge on any atom is 0.335 e. The average molecular weight is 385 g/mol. The lowest BCUT2D eigenvalue weighted by Crippen LogP contribution is -2.65. The summed E-state index contributed by atoms with van der Waals surface area (Å²) < 4.78 is 5.16. The molecule has 0 spiro atoms. The molecule has 4 aliphatic rings. The van der Waals surface area contributed by atoms with E-state index in [4.69, 9.17) is 4.42 Å². The van der Waals surface area contributed by atoms with E-state index in [0.29, 0.717) is 5.92 Å². The van der Waals surface area contributed by atoms with Crippen molar-refractivity contribution in [3.05, 3.63) is 46.5 Å². The summed E-state index contributed by atoms with van der Waals surface area (Å²) in [5.74, 6) is 0.785. The predicted octanol–water partition coefficient (Wildman–Crippen LogP) is 4.16. The van der Waals surface area contributed by atoms with Gasteiger partial charge in [0.15, 0.2) is 0 Å². The van der Waals surface area contributed by atoms with Crippen LogP contribution in [0.4, 0.5) is 0 Å². The van der Waals surface area contributed by atoms with Crippen LogP contribution in [0, 0.1) is 22.7 Å². The van der Waals surface area contributed by atoms with Crippen molar-refractivity contribution in [2.24, 2.45) is 22.7 Å². The molecule has 0 aromatic carbocycles. The minimum Gasteiger partial charge on any atom is -0.431 e. The number of aliphatic hydroxyl groups is 2. The van der Waals surface area contributed by atoms with Gasteiger partial charge in [-0.3, -0.25) is 0 Å². The smallest absolute Gasteiger partial charge is 0.335 e. The molecule has 3 saturated carbocycles. The fourth-order valence-electron chi connectivity index (χ4n) is 7.88. The molecule has 7 atom stereocenters. The van der Waals surface area contributed by atoms with Crippen molar-refractivity contribution in [2.45, 2.75) is 82.3 Å². The first-order valence-corrected chi connectivity index (χ1v) is 10.9. The highest BCUT2D eigenvalue weighted by atomic mass is 16.4. The zero-order chi connectivity index (χ0) is 19.8. The molecule has 0 unspecified atom stereocenters. The Morgan fingerprint density at radius 2 is 1.75 bits per heavy atom. The van der Waals surface area contributed by atoms with Gasteiger partial charge in [0.05, 0.1) is 17.5 Å². The molecule has 0 saturated heterocycles. The van der Waals surface area contributed by atoms with Crippen LogP contribution < -0.4 is 5.63 Å². The molecule has 4 aliphatic carbocycles. The van der Waals surface area contributed by atoms with Crippen molar-refractivity contribution in [3.8, 4) is 0 Å². The lowest BCUT2D eigenvalue weighted by Gasteiger charge is -2.64. The van der Waals surface area contributed by atoms with Crippen LogP contribution in [0.25, 0.3) is 0 Å². The summed E-state index contributed by atoms with van der Waals surface area (Å²) in [6.45, 7) is 4.51. The van der Waals surface area contributed by atoms with Crippen LogP contribution in [-0.2, 0) is 0 Å². The van der Waals surface area contributed by atoms with Crippen LogP contribution in [0.5, 0.6) is 0 Å². The average Bonchev–Trinajstić information content (AvgIpc) is 2.94. The van der Waals surface area contributed by atoms with Gasteiger partial charge in [-0.2, -0.15) is 0 Å². The third-order valence-corrected chi connectivity index (χ3v) is 9.64. The molecule has 28 heavy (non-hydrogen) atoms. The SMILES string of the molecule is C[C@]12CCC=C[C@@]1(O)CC[C@@H]1[C@@H]2CC[C@]2(C)[C@@H](c3ccc(=O)oc3)CC[C@]12O. The predicted molar refractivity (Wildman–Crippen MR) is 107 cm³/mol. The second kappa shape index (κ2) is 5.82. The van der Waals surface area contributed by atoms with Crippen LogP contribution in [0.3, 0.4) is 0 Å². The molecule has 3 fully saturated rings. The van der Waals surface area contributed by atoms with Crippen LogP contribution in [0.1, 0.15) is 76.7 Å². The van der Waals surface area contributed by atoms with Crippen LogP contribution in [0.15, 0.2) is 39.8 Å². The summed E-state index contributed by atoms with van der Waals surface area (Å²) in [5.41, 5.74) is -1.10. The number of rotatable bonds is 1. The highest BCUT2D eigenvalue weighted by Gasteiger charge is 2.69. The normalized spacial score (nSPS) is 49.9. The van der Waals surface area contributed by atoms with Gasteiger partial charge in [0, 0.05) is 16.9 Å². The molecule has 0 radical (unpaired) electrons. The minimum atomic E-state index is -0.725. The fraction of sp³-hybridized carbons (Fsp3) is 0.708. The quantitative estimate of drug-likeness (QED) is 0.713. The molecule has 0 amide bonds. The van der Waals surface area contributed by atoms with Crippen molar-refractivity contribution in [1.29, 1.82) is 0 Å². The van der Waals surface area contributed by atoms with Gasteiger partial charge in [-0.15, -0.1) is 0 Å². The third-order valence-electron chi connectivity index (χ3n) is 9.64. The van der Waals surface area contributed by atoms with Gasteiger partial charge in [-0.25, -0.2) is 4.79 Å². The van der Waals surface area contributed by atoms with E-state index in [1.807, 2.05) is 12.1 Å². The Kier molecular flexibility index (Phi) is 3.87. The molecule has 4 heteroatoms. The molecule has 2 N–H and O–H groups in total. The van der Waals surface area contributed by atoms with E-state index in [1.54, 1.807) is 6.26 Å². The van der Waals surface area contributed by atoms with Crippen molar-refractivity contribution < 1.29 is 14.6 Å². The lowest BCUT2D eigenvalue weighted by molar-refractivity contribution is -0.225. The minimum absolute atomic E-state index is 0.153. The van der Waals surface area contributed by atoms with Gasteiger partial charge >= 0.3 is 5.63 Å². The maximum atomic E-state index is 12.1. The molecule has 1 aromatic rings. The first-order valence-electron chi connectivity index (χ1n) is 10.9. The summed E-state index contributed by atoms with van der Waals surface area (Å²) in [6.07, 6.45) is 13.1. The summed E-state index contributed by atoms with van der Waals surface area (Å²) >= 11 is 0. The van der Waals surface area contributed by atoms with Crippen LogP contribution in [-0.4, -0.2) is 21.4 Å². The van der Waals surface area contributed by atoms with Crippen molar-refractivity contribution >= 4 is 0 Å². The summed E-state index contributed by atoms with van der Waals surface area (Å²) in [6, 6.07) is 3.38. The van der Waals surface area contributed by atoms with E-state index in [2.05, 4.69) is 19.9 Å². The van der Waals surface area contributed by atoms with Crippen molar-refractivity contribution in [1.82, 2.24) is 0 Å². The molecule has 0 aliphatic heterocycles. The summed E-state index contributed by atoms with van der Waals surface area (Å²) in [7, 11) is 0. The summed E-state index contributed by atoms with van der Waals surface area (Å²) in [4.78, 5) is 11.4. The third kappa shape index (κ3) is 2.16. The number of hydrogen-bond acceptors (Lipinski definition) is 4. The van der Waals surface area contributed by atoms with Gasteiger partial charge in [0.1, 0.15) is 0 Å². The van der Waals surface area contributed by atoms with E-state index in [9.17, 15) is 15.0 Å². The Hall–Kier alpha value is -1.39. The van der Waals surface area contributed by atoms with Gasteiger partial charge in [0.25, 0.3) is 0 Å². The first kappa shape index (κ1) is 18.6. The zero-order valence-corrected chi connectivity index (χ0v) is 17.0. The van der Waals surface area contributed by atoms with Gasteiger partial charge < -0.3 is 14.6 Å². The molecule has 4 nitrogen and oxygen atoms in total. The zero-order valence-electron chi connectivity index (χ0n) is 17.0. The number of hydrogen-bond donors (Lipinski definition) is 2. The Morgan fingerprint density at radius 1 is 0.964 bits per heavy atom. The van der Waals surface area contributed by atoms with E-state index >= 15 is 0 Å². The maximum absolute atomic E-state index is 12.1. The van der Waals surface area contributed by atoms with Crippen LogP contribution >= 0.6 is 0 Å². The van der Waals surface area contributed by atoms with E-state index in [-0.39, 0.29) is 28.3 Å². The second-order valence-electron chi connectivity index (χ2n) is 10.4. The lowest BCUT2D eigenvalue weighted by atomic mass is 9.43. The molecular weight excluding hydrogens is 352 g/mol. The highest BCUT2D eigenvalue weighted by Crippen LogP contribution is 2.70. The van der Waals surface area contributed by atoms with Gasteiger partial charge in [-0.1, -0.05) is 26.0 Å². The molecule has 5 rings (SSSR count). The standard InChI is InChI=1S/C24H32O4/c1-21-10-3-4-11-23(21,26)13-8-19-18(21)7-12-22(2)17(9-14-24(19,22)27)16-5-6-20(25)28-15-16/h4-6,11,15,17-19,26-27H,3,7-10,12-14H2,1-2H3/t17-,18+,19-,21-,22-,23-,24+/m1/s1. The fourth-order valence-corrected chi connectivity index (χ4v) is 7.88.